The van der Waals surface area contributed by atoms with Gasteiger partial charge in [0.25, 0.3) is 0 Å². The average Bonchev–Trinajstić information content (AvgIpc) is 2.73. The number of rotatable bonds is 6. The summed E-state index contributed by atoms with van der Waals surface area (Å²) >= 11 is 0. The predicted molar refractivity (Wildman–Crippen MR) is 106 cm³/mol. The lowest BCUT2D eigenvalue weighted by atomic mass is 10.1. The number of nitrogens with zero attached hydrogens (tertiary/aromatic N) is 1. The molecule has 2 atom stereocenters. The molecule has 2 unspecified atom stereocenters. The maximum absolute atomic E-state index is 12.7. The predicted octanol–water partition coefficient (Wildman–Crippen LogP) is 2.77. The molecule has 6 nitrogen and oxygen atoms in total. The molecule has 148 valence electrons. The van der Waals surface area contributed by atoms with E-state index in [1.165, 1.54) is 5.56 Å². The number of amides is 2. The van der Waals surface area contributed by atoms with E-state index in [2.05, 4.69) is 17.4 Å². The lowest BCUT2D eigenvalue weighted by molar-refractivity contribution is -0.140. The van der Waals surface area contributed by atoms with Crippen molar-refractivity contribution in [3.8, 4) is 0 Å². The fourth-order valence-electron chi connectivity index (χ4n) is 3.20. The second kappa shape index (κ2) is 9.90. The Kier molecular flexibility index (Phi) is 7.03. The topological polar surface area (TPSA) is 67.9 Å². The van der Waals surface area contributed by atoms with Crippen molar-refractivity contribution >= 4 is 12.0 Å². The highest BCUT2D eigenvalue weighted by Gasteiger charge is 2.28. The van der Waals surface area contributed by atoms with E-state index in [1.54, 1.807) is 11.8 Å². The van der Waals surface area contributed by atoms with Crippen molar-refractivity contribution in [2.45, 2.75) is 32.1 Å². The van der Waals surface area contributed by atoms with Crippen LogP contribution in [-0.2, 0) is 27.3 Å². The van der Waals surface area contributed by atoms with Crippen LogP contribution in [0.3, 0.4) is 0 Å². The molecule has 1 saturated heterocycles. The van der Waals surface area contributed by atoms with Crippen LogP contribution in [0.25, 0.3) is 0 Å². The van der Waals surface area contributed by atoms with Gasteiger partial charge in [-0.2, -0.15) is 0 Å². The van der Waals surface area contributed by atoms with Gasteiger partial charge in [-0.05, 0) is 18.1 Å². The number of hydrogen-bond donors (Lipinski definition) is 1. The first-order valence-electron chi connectivity index (χ1n) is 9.53. The quantitative estimate of drug-likeness (QED) is 0.834. The van der Waals surface area contributed by atoms with Crippen molar-refractivity contribution in [2.75, 3.05) is 19.7 Å². The van der Waals surface area contributed by atoms with Crippen molar-refractivity contribution in [2.24, 2.45) is 0 Å². The number of carbonyl (C=O) groups is 2. The van der Waals surface area contributed by atoms with Crippen LogP contribution in [0.1, 0.15) is 18.1 Å². The zero-order chi connectivity index (χ0) is 19.8. The summed E-state index contributed by atoms with van der Waals surface area (Å²) in [6.45, 7) is 3.38. The molecule has 0 bridgehead atoms. The Morgan fingerprint density at radius 2 is 1.75 bits per heavy atom. The van der Waals surface area contributed by atoms with Crippen LogP contribution in [0.2, 0.25) is 0 Å². The molecule has 3 rings (SSSR count). The van der Waals surface area contributed by atoms with Gasteiger partial charge >= 0.3 is 6.09 Å². The fourth-order valence-corrected chi connectivity index (χ4v) is 3.20. The highest BCUT2D eigenvalue weighted by Crippen LogP contribution is 2.13. The van der Waals surface area contributed by atoms with Crippen molar-refractivity contribution in [1.82, 2.24) is 10.2 Å². The lowest BCUT2D eigenvalue weighted by Crippen LogP contribution is -2.53. The Balaban J connectivity index is 1.46. The molecule has 28 heavy (non-hydrogen) atoms. The van der Waals surface area contributed by atoms with E-state index in [0.717, 1.165) is 12.0 Å². The Labute approximate surface area is 165 Å². The molecule has 2 aromatic rings. The molecule has 0 aliphatic carbocycles. The number of ether oxygens (including phenoxy) is 2. The molecule has 2 amide bonds. The van der Waals surface area contributed by atoms with Crippen molar-refractivity contribution in [3.05, 3.63) is 71.8 Å². The monoisotopic (exact) mass is 382 g/mol. The van der Waals surface area contributed by atoms with E-state index in [0.29, 0.717) is 19.7 Å². The third-order valence-electron chi connectivity index (χ3n) is 4.67. The van der Waals surface area contributed by atoms with Crippen LogP contribution in [0, 0.1) is 0 Å². The van der Waals surface area contributed by atoms with Crippen LogP contribution in [0.15, 0.2) is 60.7 Å². The van der Waals surface area contributed by atoms with E-state index in [1.807, 2.05) is 48.5 Å². The van der Waals surface area contributed by atoms with Crippen LogP contribution < -0.4 is 5.32 Å². The minimum atomic E-state index is -0.654. The summed E-state index contributed by atoms with van der Waals surface area (Å²) in [5, 5.41) is 2.62. The molecule has 0 aromatic heterocycles. The molecule has 1 heterocycles. The Morgan fingerprint density at radius 3 is 2.43 bits per heavy atom. The maximum Gasteiger partial charge on any atom is 0.408 e. The van der Waals surface area contributed by atoms with Crippen molar-refractivity contribution in [1.29, 1.82) is 0 Å². The van der Waals surface area contributed by atoms with E-state index >= 15 is 0 Å². The smallest absolute Gasteiger partial charge is 0.408 e. The van der Waals surface area contributed by atoms with Gasteiger partial charge < -0.3 is 19.7 Å². The second-order valence-electron chi connectivity index (χ2n) is 6.89. The van der Waals surface area contributed by atoms with Gasteiger partial charge in [-0.1, -0.05) is 60.7 Å². The van der Waals surface area contributed by atoms with Gasteiger partial charge in [0.2, 0.25) is 5.91 Å². The largest absolute Gasteiger partial charge is 0.445 e. The summed E-state index contributed by atoms with van der Waals surface area (Å²) in [6, 6.07) is 18.8. The van der Waals surface area contributed by atoms with Gasteiger partial charge in [0.05, 0.1) is 12.7 Å². The van der Waals surface area contributed by atoms with Gasteiger partial charge in [-0.25, -0.2) is 4.79 Å². The highest BCUT2D eigenvalue weighted by atomic mass is 16.5. The summed E-state index contributed by atoms with van der Waals surface area (Å²) in [5.41, 5.74) is 2.08. The van der Waals surface area contributed by atoms with Gasteiger partial charge in [0, 0.05) is 19.5 Å². The van der Waals surface area contributed by atoms with E-state index in [9.17, 15) is 9.59 Å². The van der Waals surface area contributed by atoms with E-state index < -0.39 is 12.1 Å². The summed E-state index contributed by atoms with van der Waals surface area (Å²) in [5.74, 6) is -0.127. The summed E-state index contributed by atoms with van der Waals surface area (Å²) in [4.78, 5) is 26.4. The molecule has 0 radical (unpaired) electrons. The van der Waals surface area contributed by atoms with Crippen LogP contribution in [0.4, 0.5) is 4.79 Å². The normalized spacial score (nSPS) is 17.6. The molecule has 2 aromatic carbocycles. The average molecular weight is 382 g/mol. The van der Waals surface area contributed by atoms with Gasteiger partial charge in [-0.3, -0.25) is 4.79 Å². The molecule has 0 saturated carbocycles. The molecular formula is C22H26N2O4. The zero-order valence-electron chi connectivity index (χ0n) is 16.0. The number of carbonyl (C=O) groups excluding carboxylic acids is 2. The number of hydrogen-bond acceptors (Lipinski definition) is 4. The first kappa shape index (κ1) is 19.9. The van der Waals surface area contributed by atoms with Crippen LogP contribution in [-0.4, -0.2) is 48.7 Å². The Hall–Kier alpha value is -2.86. The van der Waals surface area contributed by atoms with Crippen molar-refractivity contribution < 1.29 is 19.1 Å². The van der Waals surface area contributed by atoms with E-state index in [4.69, 9.17) is 9.47 Å². The molecule has 1 aliphatic heterocycles. The Morgan fingerprint density at radius 1 is 1.11 bits per heavy atom. The lowest BCUT2D eigenvalue weighted by Gasteiger charge is -2.34. The van der Waals surface area contributed by atoms with Crippen molar-refractivity contribution in [3.63, 3.8) is 0 Å². The molecule has 1 aliphatic rings. The van der Waals surface area contributed by atoms with Gasteiger partial charge in [0.15, 0.2) is 0 Å². The minimum Gasteiger partial charge on any atom is -0.445 e. The standard InChI is InChI=1S/C22H26N2O4/c1-17(23-22(26)28-16-19-10-6-3-7-11-19)21(25)24-12-13-27-20(15-24)14-18-8-4-2-5-9-18/h2-11,17,20H,12-16H2,1H3,(H,23,26). The SMILES string of the molecule is CC(NC(=O)OCc1ccccc1)C(=O)N1CCOC(Cc2ccccc2)C1. The summed E-state index contributed by atoms with van der Waals surface area (Å²) < 4.78 is 11.0. The van der Waals surface area contributed by atoms with Gasteiger partial charge in [-0.15, -0.1) is 0 Å². The highest BCUT2D eigenvalue weighted by molar-refractivity contribution is 5.85. The van der Waals surface area contributed by atoms with E-state index in [-0.39, 0.29) is 18.6 Å². The maximum atomic E-state index is 12.7. The Bertz CT molecular complexity index is 767. The number of benzene rings is 2. The molecule has 6 heteroatoms. The fraction of sp³-hybridized carbons (Fsp3) is 0.364. The first-order chi connectivity index (χ1) is 13.6. The molecule has 1 fully saturated rings. The molecule has 1 N–H and O–H groups in total. The number of alkyl carbamates (subject to hydrolysis) is 1. The summed E-state index contributed by atoms with van der Waals surface area (Å²) in [7, 11) is 0. The number of nitrogens with one attached hydrogen (secondary N) is 1. The van der Waals surface area contributed by atoms with Crippen LogP contribution in [0.5, 0.6) is 0 Å². The molecule has 0 spiro atoms. The third-order valence-corrected chi connectivity index (χ3v) is 4.67. The van der Waals surface area contributed by atoms with Gasteiger partial charge in [0.1, 0.15) is 12.6 Å². The third kappa shape index (κ3) is 5.82. The first-order valence-corrected chi connectivity index (χ1v) is 9.53. The summed E-state index contributed by atoms with van der Waals surface area (Å²) in [6.07, 6.45) is 0.113. The minimum absolute atomic E-state index is 0.0441. The number of morpholine rings is 1. The molecular weight excluding hydrogens is 356 g/mol. The second-order valence-corrected chi connectivity index (χ2v) is 6.89. The van der Waals surface area contributed by atoms with Crippen LogP contribution >= 0.6 is 0 Å². The zero-order valence-corrected chi connectivity index (χ0v) is 16.0.